The van der Waals surface area contributed by atoms with Crippen molar-refractivity contribution in [1.82, 2.24) is 4.90 Å². The highest BCUT2D eigenvalue weighted by atomic mass is 32.2. The summed E-state index contributed by atoms with van der Waals surface area (Å²) in [5.74, 6) is 0.863. The monoisotopic (exact) mass is 324 g/mol. The second kappa shape index (κ2) is 5.97. The lowest BCUT2D eigenvalue weighted by Gasteiger charge is -2.39. The Balaban J connectivity index is 3.08. The number of thiocarbonyl (C=S) groups is 1. The van der Waals surface area contributed by atoms with Gasteiger partial charge in [-0.1, -0.05) is 19.1 Å². The first kappa shape index (κ1) is 16.7. The van der Waals surface area contributed by atoms with Gasteiger partial charge in [0.2, 0.25) is 5.91 Å². The molecule has 1 aliphatic heterocycles. The molecule has 1 rings (SSSR count). The van der Waals surface area contributed by atoms with Gasteiger partial charge in [0.15, 0.2) is 9.84 Å². The van der Waals surface area contributed by atoms with Crippen LogP contribution in [-0.2, 0) is 14.6 Å². The predicted molar refractivity (Wildman–Crippen MR) is 82.9 cm³/mol. The number of carbonyl (C=O) groups is 1. The maximum Gasteiger partial charge on any atom is 0.236 e. The molecule has 1 aliphatic rings. The average molecular weight is 324 g/mol. The summed E-state index contributed by atoms with van der Waals surface area (Å²) in [5, 5.41) is -0.766. The molecular weight excluding hydrogens is 304 g/mol. The van der Waals surface area contributed by atoms with Gasteiger partial charge in [-0.15, -0.1) is 0 Å². The van der Waals surface area contributed by atoms with E-state index in [1.54, 1.807) is 32.5 Å². The van der Waals surface area contributed by atoms with Crippen LogP contribution in [0.25, 0.3) is 0 Å². The van der Waals surface area contributed by atoms with Crippen LogP contribution in [0.1, 0.15) is 20.8 Å². The fraction of sp³-hybridized carbons (Fsp3) is 0.818. The third kappa shape index (κ3) is 3.41. The van der Waals surface area contributed by atoms with Gasteiger partial charge in [-0.3, -0.25) is 4.79 Å². The molecule has 2 N–H and O–H groups in total. The van der Waals surface area contributed by atoms with Crippen molar-refractivity contribution in [3.8, 4) is 0 Å². The van der Waals surface area contributed by atoms with Gasteiger partial charge in [0.05, 0.1) is 10.4 Å². The molecule has 110 valence electrons. The summed E-state index contributed by atoms with van der Waals surface area (Å²) in [6.45, 7) is 5.28. The number of carbonyl (C=O) groups excluding carboxylic acids is 1. The Labute approximate surface area is 124 Å². The molecule has 1 amide bonds. The lowest BCUT2D eigenvalue weighted by atomic mass is 9.91. The molecule has 0 bridgehead atoms. The normalized spacial score (nSPS) is 21.2. The molecule has 1 heterocycles. The van der Waals surface area contributed by atoms with Crippen molar-refractivity contribution < 1.29 is 13.2 Å². The van der Waals surface area contributed by atoms with E-state index in [1.807, 2.05) is 0 Å². The van der Waals surface area contributed by atoms with Crippen LogP contribution in [0.5, 0.6) is 0 Å². The number of nitrogens with two attached hydrogens (primary N) is 1. The van der Waals surface area contributed by atoms with Crippen LogP contribution in [0.15, 0.2) is 0 Å². The van der Waals surface area contributed by atoms with Crippen molar-refractivity contribution in [1.29, 1.82) is 0 Å². The number of sulfone groups is 1. The SMILES string of the molecule is CCS(=O)(=O)C1CSCCN1C(=O)C(C)(C)C(N)=S. The van der Waals surface area contributed by atoms with Crippen LogP contribution < -0.4 is 5.73 Å². The molecule has 0 aromatic rings. The van der Waals surface area contributed by atoms with Gasteiger partial charge in [0, 0.05) is 23.8 Å². The highest BCUT2D eigenvalue weighted by Gasteiger charge is 2.42. The van der Waals surface area contributed by atoms with Gasteiger partial charge in [0.25, 0.3) is 0 Å². The molecule has 5 nitrogen and oxygen atoms in total. The molecule has 1 fully saturated rings. The van der Waals surface area contributed by atoms with E-state index in [2.05, 4.69) is 0 Å². The Kier molecular flexibility index (Phi) is 5.25. The second-order valence-electron chi connectivity index (χ2n) is 4.97. The fourth-order valence-electron chi connectivity index (χ4n) is 1.77. The van der Waals surface area contributed by atoms with Gasteiger partial charge < -0.3 is 10.6 Å². The van der Waals surface area contributed by atoms with E-state index in [1.165, 1.54) is 4.90 Å². The predicted octanol–water partition coefficient (Wildman–Crippen LogP) is 0.635. The van der Waals surface area contributed by atoms with Gasteiger partial charge in [-0.2, -0.15) is 11.8 Å². The number of hydrogen-bond donors (Lipinski definition) is 1. The van der Waals surface area contributed by atoms with Crippen molar-refractivity contribution in [3.05, 3.63) is 0 Å². The Morgan fingerprint density at radius 2 is 2.11 bits per heavy atom. The van der Waals surface area contributed by atoms with Crippen molar-refractivity contribution in [2.75, 3.05) is 23.8 Å². The number of amides is 1. The lowest BCUT2D eigenvalue weighted by molar-refractivity contribution is -0.137. The first-order valence-corrected chi connectivity index (χ1v) is 9.32. The van der Waals surface area contributed by atoms with Crippen LogP contribution in [0, 0.1) is 5.41 Å². The average Bonchev–Trinajstić information content (AvgIpc) is 2.37. The molecule has 0 spiro atoms. The van der Waals surface area contributed by atoms with E-state index in [4.69, 9.17) is 18.0 Å². The largest absolute Gasteiger partial charge is 0.392 e. The number of nitrogens with zero attached hydrogens (tertiary/aromatic N) is 1. The van der Waals surface area contributed by atoms with E-state index in [-0.39, 0.29) is 16.6 Å². The quantitative estimate of drug-likeness (QED) is 0.764. The number of rotatable bonds is 4. The van der Waals surface area contributed by atoms with E-state index < -0.39 is 20.6 Å². The lowest BCUT2D eigenvalue weighted by Crippen LogP contribution is -2.56. The summed E-state index contributed by atoms with van der Waals surface area (Å²) in [4.78, 5) is 14.0. The van der Waals surface area contributed by atoms with E-state index >= 15 is 0 Å². The molecular formula is C11H20N2O3S3. The van der Waals surface area contributed by atoms with E-state index in [0.717, 1.165) is 5.75 Å². The fourth-order valence-corrected chi connectivity index (χ4v) is 4.82. The molecule has 0 radical (unpaired) electrons. The second-order valence-corrected chi connectivity index (χ2v) is 9.01. The zero-order chi connectivity index (χ0) is 14.8. The summed E-state index contributed by atoms with van der Waals surface area (Å²) in [7, 11) is -3.30. The molecule has 1 unspecified atom stereocenters. The van der Waals surface area contributed by atoms with Crippen LogP contribution in [0.2, 0.25) is 0 Å². The summed E-state index contributed by atoms with van der Waals surface area (Å²) >= 11 is 6.46. The highest BCUT2D eigenvalue weighted by molar-refractivity contribution is 8.01. The molecule has 0 aromatic carbocycles. The maximum absolute atomic E-state index is 12.5. The molecule has 0 aliphatic carbocycles. The number of thioether (sulfide) groups is 1. The van der Waals surface area contributed by atoms with Crippen molar-refractivity contribution >= 4 is 44.7 Å². The third-order valence-electron chi connectivity index (χ3n) is 3.31. The Hall–Kier alpha value is -0.340. The molecule has 0 saturated carbocycles. The van der Waals surface area contributed by atoms with Crippen molar-refractivity contribution in [2.24, 2.45) is 11.1 Å². The van der Waals surface area contributed by atoms with Crippen LogP contribution in [0.4, 0.5) is 0 Å². The van der Waals surface area contributed by atoms with Gasteiger partial charge in [-0.05, 0) is 13.8 Å². The van der Waals surface area contributed by atoms with Gasteiger partial charge in [-0.25, -0.2) is 8.42 Å². The molecule has 19 heavy (non-hydrogen) atoms. The van der Waals surface area contributed by atoms with Crippen molar-refractivity contribution in [3.63, 3.8) is 0 Å². The third-order valence-corrected chi connectivity index (χ3v) is 7.11. The molecule has 1 atom stereocenters. The minimum atomic E-state index is -3.30. The molecule has 8 heteroatoms. The molecule has 0 aromatic heterocycles. The maximum atomic E-state index is 12.5. The van der Waals surface area contributed by atoms with Crippen LogP contribution >= 0.6 is 24.0 Å². The Morgan fingerprint density at radius 3 is 2.58 bits per heavy atom. The Morgan fingerprint density at radius 1 is 1.53 bits per heavy atom. The summed E-state index contributed by atoms with van der Waals surface area (Å²) in [6.07, 6.45) is 0. The minimum absolute atomic E-state index is 0.0233. The van der Waals surface area contributed by atoms with E-state index in [9.17, 15) is 13.2 Å². The van der Waals surface area contributed by atoms with Gasteiger partial charge in [0.1, 0.15) is 5.37 Å². The topological polar surface area (TPSA) is 80.5 Å². The van der Waals surface area contributed by atoms with E-state index in [0.29, 0.717) is 12.3 Å². The number of hydrogen-bond acceptors (Lipinski definition) is 5. The van der Waals surface area contributed by atoms with Crippen molar-refractivity contribution in [2.45, 2.75) is 26.1 Å². The first-order chi connectivity index (χ1) is 8.64. The summed E-state index contributed by atoms with van der Waals surface area (Å²) in [5.41, 5.74) is 4.58. The standard InChI is InChI=1S/C11H20N2O3S3/c1-4-19(15,16)8-7-18-6-5-13(8)10(14)11(2,3)9(12)17/h8H,4-7H2,1-3H3,(H2,12,17). The van der Waals surface area contributed by atoms with Gasteiger partial charge >= 0.3 is 0 Å². The molecule has 1 saturated heterocycles. The smallest absolute Gasteiger partial charge is 0.236 e. The summed E-state index contributed by atoms with van der Waals surface area (Å²) < 4.78 is 24.2. The minimum Gasteiger partial charge on any atom is -0.392 e. The zero-order valence-corrected chi connectivity index (χ0v) is 13.8. The Bertz CT molecular complexity index is 474. The first-order valence-electron chi connectivity index (χ1n) is 6.05. The zero-order valence-electron chi connectivity index (χ0n) is 11.4. The van der Waals surface area contributed by atoms with Crippen LogP contribution in [-0.4, -0.2) is 53.4 Å². The summed E-state index contributed by atoms with van der Waals surface area (Å²) in [6, 6.07) is 0. The highest BCUT2D eigenvalue weighted by Crippen LogP contribution is 2.27. The van der Waals surface area contributed by atoms with Crippen LogP contribution in [0.3, 0.4) is 0 Å².